The van der Waals surface area contributed by atoms with Crippen molar-refractivity contribution in [3.63, 3.8) is 0 Å². The molecule has 1 aliphatic heterocycles. The fraction of sp³-hybridized carbons (Fsp3) is 0.500. The van der Waals surface area contributed by atoms with Crippen LogP contribution in [0.25, 0.3) is 0 Å². The lowest BCUT2D eigenvalue weighted by atomic mass is 10.3. The molecule has 0 saturated carbocycles. The van der Waals surface area contributed by atoms with Gasteiger partial charge in [0.05, 0.1) is 31.2 Å². The fourth-order valence-corrected chi connectivity index (χ4v) is 2.78. The number of carbonyl (C=O) groups excluding carboxylic acids is 1. The van der Waals surface area contributed by atoms with E-state index in [1.165, 1.54) is 6.20 Å². The quantitative estimate of drug-likeness (QED) is 0.876. The van der Waals surface area contributed by atoms with E-state index < -0.39 is 6.09 Å². The number of hydrogen-bond donors (Lipinski definition) is 1. The monoisotopic (exact) mass is 364 g/mol. The van der Waals surface area contributed by atoms with Gasteiger partial charge in [-0.3, -0.25) is 9.67 Å². The van der Waals surface area contributed by atoms with Crippen molar-refractivity contribution < 1.29 is 9.53 Å². The molecule has 134 valence electrons. The van der Waals surface area contributed by atoms with Gasteiger partial charge in [0, 0.05) is 25.2 Å². The number of alkyl carbamates (subject to hydrolysis) is 1. The summed E-state index contributed by atoms with van der Waals surface area (Å²) in [6, 6.07) is 2.18. The maximum atomic E-state index is 12.0. The Balaban J connectivity index is 1.45. The Morgan fingerprint density at radius 2 is 2.32 bits per heavy atom. The van der Waals surface area contributed by atoms with Gasteiger partial charge in [-0.1, -0.05) is 11.6 Å². The van der Waals surface area contributed by atoms with Gasteiger partial charge in [-0.05, 0) is 19.9 Å². The highest BCUT2D eigenvalue weighted by Gasteiger charge is 2.26. The number of aromatic nitrogens is 4. The average Bonchev–Trinajstić information content (AvgIpc) is 3.22. The molecule has 2 aromatic heterocycles. The molecule has 3 heterocycles. The van der Waals surface area contributed by atoms with Crippen molar-refractivity contribution >= 4 is 23.5 Å². The van der Waals surface area contributed by atoms with Gasteiger partial charge in [0.25, 0.3) is 0 Å². The van der Waals surface area contributed by atoms with E-state index in [0.29, 0.717) is 30.1 Å². The summed E-state index contributed by atoms with van der Waals surface area (Å²) in [5.41, 5.74) is 0.799. The Morgan fingerprint density at radius 3 is 3.04 bits per heavy atom. The highest BCUT2D eigenvalue weighted by Crippen LogP contribution is 2.20. The minimum atomic E-state index is -0.442. The second-order valence-electron chi connectivity index (χ2n) is 6.20. The topological polar surface area (TPSA) is 85.2 Å². The summed E-state index contributed by atoms with van der Waals surface area (Å²) in [5, 5.41) is 7.47. The Morgan fingerprint density at radius 1 is 1.48 bits per heavy atom. The third kappa shape index (κ3) is 4.60. The Hall–Kier alpha value is -2.35. The Kier molecular flexibility index (Phi) is 5.37. The van der Waals surface area contributed by atoms with E-state index in [1.54, 1.807) is 6.20 Å². The van der Waals surface area contributed by atoms with Crippen LogP contribution in [0.5, 0.6) is 0 Å². The molecule has 0 radical (unpaired) electrons. The lowest BCUT2D eigenvalue weighted by molar-refractivity contribution is 0.107. The van der Waals surface area contributed by atoms with Crippen LogP contribution in [0, 0.1) is 0 Å². The molecule has 1 fully saturated rings. The third-order valence-corrected chi connectivity index (χ3v) is 4.12. The number of hydrogen-bond acceptors (Lipinski definition) is 6. The molecule has 0 spiro atoms. The van der Waals surface area contributed by atoms with Crippen molar-refractivity contribution in [3.05, 3.63) is 35.5 Å². The van der Waals surface area contributed by atoms with Gasteiger partial charge in [0.15, 0.2) is 0 Å². The normalized spacial score (nSPS) is 17.1. The van der Waals surface area contributed by atoms with Crippen LogP contribution < -0.4 is 10.2 Å². The first-order valence-electron chi connectivity index (χ1n) is 8.22. The van der Waals surface area contributed by atoms with Crippen molar-refractivity contribution in [3.8, 4) is 0 Å². The van der Waals surface area contributed by atoms with Crippen LogP contribution in [0.3, 0.4) is 0 Å². The second-order valence-corrected chi connectivity index (χ2v) is 6.58. The van der Waals surface area contributed by atoms with E-state index in [0.717, 1.165) is 18.7 Å². The SMILES string of the molecule is CC(C)n1ccc(CNC(=O)O[C@H]2CCN(c3cncc(Cl)n3)C2)n1. The molecule has 0 aromatic carbocycles. The number of rotatable bonds is 5. The average molecular weight is 365 g/mol. The molecule has 0 aliphatic carbocycles. The van der Waals surface area contributed by atoms with Gasteiger partial charge in [-0.15, -0.1) is 0 Å². The molecule has 0 unspecified atom stereocenters. The summed E-state index contributed by atoms with van der Waals surface area (Å²) in [7, 11) is 0. The van der Waals surface area contributed by atoms with E-state index in [1.807, 2.05) is 21.8 Å². The molecule has 1 atom stereocenters. The summed E-state index contributed by atoms with van der Waals surface area (Å²) in [5.74, 6) is 0.693. The third-order valence-electron chi connectivity index (χ3n) is 3.94. The van der Waals surface area contributed by atoms with Gasteiger partial charge < -0.3 is 15.0 Å². The highest BCUT2D eigenvalue weighted by atomic mass is 35.5. The number of halogens is 1. The van der Waals surface area contributed by atoms with Gasteiger partial charge in [-0.25, -0.2) is 9.78 Å². The summed E-state index contributed by atoms with van der Waals surface area (Å²) in [4.78, 5) is 22.2. The van der Waals surface area contributed by atoms with Gasteiger partial charge in [0.2, 0.25) is 0 Å². The minimum Gasteiger partial charge on any atom is -0.444 e. The number of nitrogens with one attached hydrogen (secondary N) is 1. The zero-order valence-electron chi connectivity index (χ0n) is 14.2. The van der Waals surface area contributed by atoms with Crippen LogP contribution in [0.15, 0.2) is 24.7 Å². The zero-order chi connectivity index (χ0) is 17.8. The molecule has 2 aromatic rings. The van der Waals surface area contributed by atoms with Crippen LogP contribution in [0.2, 0.25) is 5.15 Å². The standard InChI is InChI=1S/C16H21ClN6O2/c1-11(2)23-6-3-12(21-23)7-19-16(24)25-13-4-5-22(10-13)15-9-18-8-14(17)20-15/h3,6,8-9,11,13H,4-5,7,10H2,1-2H3,(H,19,24)/t13-/m0/s1. The Labute approximate surface area is 151 Å². The van der Waals surface area contributed by atoms with E-state index in [4.69, 9.17) is 16.3 Å². The predicted molar refractivity (Wildman–Crippen MR) is 93.6 cm³/mol. The van der Waals surface area contributed by atoms with Crippen molar-refractivity contribution in [2.75, 3.05) is 18.0 Å². The first-order chi connectivity index (χ1) is 12.0. The van der Waals surface area contributed by atoms with Crippen molar-refractivity contribution in [1.82, 2.24) is 25.1 Å². The maximum Gasteiger partial charge on any atom is 0.407 e. The summed E-state index contributed by atoms with van der Waals surface area (Å²) in [6.45, 7) is 5.76. The lowest BCUT2D eigenvalue weighted by Gasteiger charge is -2.17. The summed E-state index contributed by atoms with van der Waals surface area (Å²) < 4.78 is 7.31. The second kappa shape index (κ2) is 7.69. The molecule has 1 amide bonds. The number of carbonyl (C=O) groups is 1. The van der Waals surface area contributed by atoms with Gasteiger partial charge in [0.1, 0.15) is 17.1 Å². The molecule has 1 saturated heterocycles. The Bertz CT molecular complexity index is 735. The molecule has 9 heteroatoms. The van der Waals surface area contributed by atoms with Crippen molar-refractivity contribution in [2.45, 2.75) is 39.0 Å². The zero-order valence-corrected chi connectivity index (χ0v) is 15.0. The molecule has 3 rings (SSSR count). The molecular weight excluding hydrogens is 344 g/mol. The van der Waals surface area contributed by atoms with E-state index in [-0.39, 0.29) is 6.10 Å². The van der Waals surface area contributed by atoms with Crippen LogP contribution in [0.1, 0.15) is 32.0 Å². The van der Waals surface area contributed by atoms with Crippen LogP contribution >= 0.6 is 11.6 Å². The molecule has 1 N–H and O–H groups in total. The fourth-order valence-electron chi connectivity index (χ4n) is 2.63. The summed E-state index contributed by atoms with van der Waals surface area (Å²) >= 11 is 5.86. The molecule has 25 heavy (non-hydrogen) atoms. The maximum absolute atomic E-state index is 12.0. The van der Waals surface area contributed by atoms with E-state index in [2.05, 4.69) is 34.2 Å². The molecule has 1 aliphatic rings. The summed E-state index contributed by atoms with van der Waals surface area (Å²) in [6.07, 6.45) is 5.15. The largest absolute Gasteiger partial charge is 0.444 e. The van der Waals surface area contributed by atoms with Crippen LogP contribution in [-0.4, -0.2) is 45.0 Å². The van der Waals surface area contributed by atoms with E-state index in [9.17, 15) is 4.79 Å². The van der Waals surface area contributed by atoms with Gasteiger partial charge in [-0.2, -0.15) is 5.10 Å². The van der Waals surface area contributed by atoms with Crippen LogP contribution in [-0.2, 0) is 11.3 Å². The molecular formula is C16H21ClN6O2. The first-order valence-corrected chi connectivity index (χ1v) is 8.60. The smallest absolute Gasteiger partial charge is 0.407 e. The van der Waals surface area contributed by atoms with Crippen molar-refractivity contribution in [2.24, 2.45) is 0 Å². The first kappa shape index (κ1) is 17.5. The molecule has 8 nitrogen and oxygen atoms in total. The number of ether oxygens (including phenoxy) is 1. The van der Waals surface area contributed by atoms with Gasteiger partial charge >= 0.3 is 6.09 Å². The number of anilines is 1. The van der Waals surface area contributed by atoms with Crippen LogP contribution in [0.4, 0.5) is 10.6 Å². The minimum absolute atomic E-state index is 0.186. The number of amides is 1. The predicted octanol–water partition coefficient (Wildman–Crippen LogP) is 2.41. The molecule has 0 bridgehead atoms. The van der Waals surface area contributed by atoms with Crippen molar-refractivity contribution in [1.29, 1.82) is 0 Å². The highest BCUT2D eigenvalue weighted by molar-refractivity contribution is 6.29. The lowest BCUT2D eigenvalue weighted by Crippen LogP contribution is -2.31. The van der Waals surface area contributed by atoms with E-state index >= 15 is 0 Å². The number of nitrogens with zero attached hydrogens (tertiary/aromatic N) is 5.